The van der Waals surface area contributed by atoms with Crippen LogP contribution in [0.25, 0.3) is 0 Å². The minimum Gasteiger partial charge on any atom is -0.379 e. The van der Waals surface area contributed by atoms with Crippen LogP contribution in [0, 0.1) is 5.82 Å². The van der Waals surface area contributed by atoms with E-state index < -0.39 is 0 Å². The van der Waals surface area contributed by atoms with Gasteiger partial charge in [0, 0.05) is 29.6 Å². The molecule has 1 unspecified atom stereocenters. The average molecular weight is 311 g/mol. The van der Waals surface area contributed by atoms with Gasteiger partial charge in [-0.2, -0.15) is 5.10 Å². The number of aromatic nitrogens is 3. The van der Waals surface area contributed by atoms with E-state index in [1.807, 2.05) is 0 Å². The molecule has 1 aromatic heterocycles. The second kappa shape index (κ2) is 6.51. The highest BCUT2D eigenvalue weighted by atomic mass is 35.5. The van der Waals surface area contributed by atoms with Gasteiger partial charge in [-0.3, -0.25) is 0 Å². The third kappa shape index (κ3) is 3.40. The van der Waals surface area contributed by atoms with E-state index in [1.165, 1.54) is 12.4 Å². The van der Waals surface area contributed by atoms with Gasteiger partial charge in [-0.25, -0.2) is 14.1 Å². The number of morpholine rings is 1. The van der Waals surface area contributed by atoms with Crippen LogP contribution >= 0.6 is 11.6 Å². The fourth-order valence-electron chi connectivity index (χ4n) is 2.38. The van der Waals surface area contributed by atoms with Crippen molar-refractivity contribution in [2.45, 2.75) is 19.0 Å². The monoisotopic (exact) mass is 310 g/mol. The molecule has 1 saturated heterocycles. The average Bonchev–Trinajstić information content (AvgIpc) is 2.91. The molecule has 112 valence electrons. The Morgan fingerprint density at radius 2 is 2.38 bits per heavy atom. The quantitative estimate of drug-likeness (QED) is 0.933. The molecule has 1 N–H and O–H groups in total. The molecule has 2 heterocycles. The van der Waals surface area contributed by atoms with E-state index >= 15 is 0 Å². The normalized spacial score (nSPS) is 18.9. The first kappa shape index (κ1) is 14.4. The molecule has 7 heteroatoms. The van der Waals surface area contributed by atoms with Crippen LogP contribution in [0.2, 0.25) is 5.02 Å². The number of nitrogens with zero attached hydrogens (tertiary/aromatic N) is 3. The van der Waals surface area contributed by atoms with Gasteiger partial charge in [0.2, 0.25) is 0 Å². The molecule has 1 aromatic carbocycles. The Bertz CT molecular complexity index is 593. The molecule has 21 heavy (non-hydrogen) atoms. The number of ether oxygens (including phenoxy) is 1. The lowest BCUT2D eigenvalue weighted by Gasteiger charge is -2.23. The van der Waals surface area contributed by atoms with E-state index in [-0.39, 0.29) is 18.4 Å². The number of nitrogens with one attached hydrogen (secondary N) is 1. The molecule has 0 radical (unpaired) electrons. The molecule has 5 nitrogen and oxygen atoms in total. The van der Waals surface area contributed by atoms with E-state index in [2.05, 4.69) is 15.4 Å². The fraction of sp³-hybridized carbons (Fsp3) is 0.429. The SMILES string of the molecule is Fc1cccc(Cl)c1Cn1ncnc1CC1COCCN1. The van der Waals surface area contributed by atoms with Crippen molar-refractivity contribution in [1.82, 2.24) is 20.1 Å². The van der Waals surface area contributed by atoms with Crippen LogP contribution in [0.3, 0.4) is 0 Å². The van der Waals surface area contributed by atoms with E-state index in [0.29, 0.717) is 23.6 Å². The highest BCUT2D eigenvalue weighted by molar-refractivity contribution is 6.31. The fourth-order valence-corrected chi connectivity index (χ4v) is 2.61. The van der Waals surface area contributed by atoms with Crippen molar-refractivity contribution >= 4 is 11.6 Å². The van der Waals surface area contributed by atoms with Gasteiger partial charge in [0.1, 0.15) is 18.0 Å². The minimum absolute atomic E-state index is 0.206. The summed E-state index contributed by atoms with van der Waals surface area (Å²) in [5.74, 6) is 0.459. The van der Waals surface area contributed by atoms with Crippen LogP contribution in [0.4, 0.5) is 4.39 Å². The number of benzene rings is 1. The van der Waals surface area contributed by atoms with Crippen molar-refractivity contribution in [3.63, 3.8) is 0 Å². The van der Waals surface area contributed by atoms with Crippen molar-refractivity contribution < 1.29 is 9.13 Å². The summed E-state index contributed by atoms with van der Waals surface area (Å²) in [5.41, 5.74) is 0.429. The summed E-state index contributed by atoms with van der Waals surface area (Å²) >= 11 is 6.06. The third-order valence-electron chi connectivity index (χ3n) is 3.49. The Morgan fingerprint density at radius 1 is 1.48 bits per heavy atom. The zero-order valence-electron chi connectivity index (χ0n) is 11.4. The number of halogens is 2. The first-order chi connectivity index (χ1) is 10.2. The second-order valence-corrected chi connectivity index (χ2v) is 5.37. The van der Waals surface area contributed by atoms with Gasteiger partial charge < -0.3 is 10.1 Å². The van der Waals surface area contributed by atoms with Gasteiger partial charge in [0.15, 0.2) is 0 Å². The highest BCUT2D eigenvalue weighted by Gasteiger charge is 2.18. The summed E-state index contributed by atoms with van der Waals surface area (Å²) in [6, 6.07) is 4.87. The summed E-state index contributed by atoms with van der Waals surface area (Å²) in [6.45, 7) is 2.48. The van der Waals surface area contributed by atoms with Crippen LogP contribution in [-0.4, -0.2) is 40.6 Å². The zero-order valence-corrected chi connectivity index (χ0v) is 12.2. The molecule has 0 amide bonds. The zero-order chi connectivity index (χ0) is 14.7. The first-order valence-electron chi connectivity index (χ1n) is 6.85. The van der Waals surface area contributed by atoms with Gasteiger partial charge in [-0.15, -0.1) is 0 Å². The molecule has 0 saturated carbocycles. The van der Waals surface area contributed by atoms with E-state index in [4.69, 9.17) is 16.3 Å². The largest absolute Gasteiger partial charge is 0.379 e. The predicted molar refractivity (Wildman–Crippen MR) is 76.8 cm³/mol. The molecule has 0 spiro atoms. The first-order valence-corrected chi connectivity index (χ1v) is 7.22. The second-order valence-electron chi connectivity index (χ2n) is 4.96. The molecule has 1 atom stereocenters. The van der Waals surface area contributed by atoms with Gasteiger partial charge in [-0.1, -0.05) is 17.7 Å². The Labute approximate surface area is 127 Å². The Morgan fingerprint density at radius 3 is 3.14 bits per heavy atom. The molecule has 1 fully saturated rings. The van der Waals surface area contributed by atoms with E-state index in [0.717, 1.165) is 19.0 Å². The summed E-state index contributed by atoms with van der Waals surface area (Å²) in [7, 11) is 0. The van der Waals surface area contributed by atoms with Crippen molar-refractivity contribution in [3.8, 4) is 0 Å². The Hall–Kier alpha value is -1.50. The molecule has 0 aliphatic carbocycles. The lowest BCUT2D eigenvalue weighted by atomic mass is 10.1. The molecular formula is C14H16ClFN4O. The summed E-state index contributed by atoms with van der Waals surface area (Å²) in [5, 5.41) is 7.93. The van der Waals surface area contributed by atoms with Crippen molar-refractivity contribution in [3.05, 3.63) is 46.8 Å². The lowest BCUT2D eigenvalue weighted by molar-refractivity contribution is 0.0761. The van der Waals surface area contributed by atoms with Crippen LogP contribution in [0.15, 0.2) is 24.5 Å². The molecule has 1 aliphatic rings. The summed E-state index contributed by atoms with van der Waals surface area (Å²) in [6.07, 6.45) is 2.17. The Kier molecular flexibility index (Phi) is 4.48. The van der Waals surface area contributed by atoms with Gasteiger partial charge in [0.05, 0.1) is 19.8 Å². The third-order valence-corrected chi connectivity index (χ3v) is 3.85. The topological polar surface area (TPSA) is 52.0 Å². The van der Waals surface area contributed by atoms with Crippen LogP contribution in [0.1, 0.15) is 11.4 Å². The lowest BCUT2D eigenvalue weighted by Crippen LogP contribution is -2.43. The van der Waals surface area contributed by atoms with E-state index in [1.54, 1.807) is 16.8 Å². The number of hydrogen-bond acceptors (Lipinski definition) is 4. The van der Waals surface area contributed by atoms with Gasteiger partial charge in [-0.05, 0) is 12.1 Å². The number of hydrogen-bond donors (Lipinski definition) is 1. The van der Waals surface area contributed by atoms with Crippen LogP contribution < -0.4 is 5.32 Å². The standard InChI is InChI=1S/C14H16ClFN4O/c15-12-2-1-3-13(16)11(12)7-20-14(18-9-19-20)6-10-8-21-5-4-17-10/h1-3,9-10,17H,4-8H2. The number of rotatable bonds is 4. The summed E-state index contributed by atoms with van der Waals surface area (Å²) in [4.78, 5) is 4.26. The van der Waals surface area contributed by atoms with Crippen molar-refractivity contribution in [1.29, 1.82) is 0 Å². The Balaban J connectivity index is 1.76. The minimum atomic E-state index is -0.330. The van der Waals surface area contributed by atoms with E-state index in [9.17, 15) is 4.39 Å². The molecular weight excluding hydrogens is 295 g/mol. The van der Waals surface area contributed by atoms with Crippen LogP contribution in [0.5, 0.6) is 0 Å². The van der Waals surface area contributed by atoms with Crippen molar-refractivity contribution in [2.24, 2.45) is 0 Å². The maximum atomic E-state index is 13.9. The molecule has 3 rings (SSSR count). The predicted octanol–water partition coefficient (Wildman–Crippen LogP) is 1.65. The molecule has 1 aliphatic heterocycles. The van der Waals surface area contributed by atoms with Gasteiger partial charge >= 0.3 is 0 Å². The van der Waals surface area contributed by atoms with Crippen molar-refractivity contribution in [2.75, 3.05) is 19.8 Å². The molecule has 0 bridgehead atoms. The molecule has 2 aromatic rings. The van der Waals surface area contributed by atoms with Gasteiger partial charge in [0.25, 0.3) is 0 Å². The maximum Gasteiger partial charge on any atom is 0.138 e. The smallest absolute Gasteiger partial charge is 0.138 e. The maximum absolute atomic E-state index is 13.9. The summed E-state index contributed by atoms with van der Waals surface area (Å²) < 4.78 is 21.0. The highest BCUT2D eigenvalue weighted by Crippen LogP contribution is 2.20. The van der Waals surface area contributed by atoms with Crippen LogP contribution in [-0.2, 0) is 17.7 Å².